The number of hydrogen-bond donors (Lipinski definition) is 1. The van der Waals surface area contributed by atoms with Gasteiger partial charge in [-0.15, -0.1) is 0 Å². The molecule has 94 valence electrons. The molecular formula is C13H14N2O3. The van der Waals surface area contributed by atoms with Crippen molar-refractivity contribution in [2.75, 3.05) is 7.05 Å². The van der Waals surface area contributed by atoms with Gasteiger partial charge in [0.05, 0.1) is 23.6 Å². The van der Waals surface area contributed by atoms with E-state index in [4.69, 9.17) is 10.4 Å². The molecule has 1 aromatic rings. The van der Waals surface area contributed by atoms with Gasteiger partial charge in [-0.2, -0.15) is 5.26 Å². The summed E-state index contributed by atoms with van der Waals surface area (Å²) in [5.41, 5.74) is 0.107. The second-order valence-corrected chi connectivity index (χ2v) is 3.98. The third kappa shape index (κ3) is 2.86. The number of aromatic carboxylic acids is 1. The third-order valence-electron chi connectivity index (χ3n) is 2.76. The van der Waals surface area contributed by atoms with Crippen LogP contribution in [0.4, 0.5) is 0 Å². The smallest absolute Gasteiger partial charge is 0.336 e. The van der Waals surface area contributed by atoms with Crippen molar-refractivity contribution in [1.29, 1.82) is 5.26 Å². The lowest BCUT2D eigenvalue weighted by Crippen LogP contribution is -2.35. The Hall–Kier alpha value is -2.35. The van der Waals surface area contributed by atoms with Crippen molar-refractivity contribution in [3.8, 4) is 6.07 Å². The Morgan fingerprint density at radius 1 is 1.39 bits per heavy atom. The van der Waals surface area contributed by atoms with Gasteiger partial charge in [0.1, 0.15) is 0 Å². The second kappa shape index (κ2) is 5.82. The first kappa shape index (κ1) is 13.7. The van der Waals surface area contributed by atoms with Gasteiger partial charge in [0.15, 0.2) is 0 Å². The molecule has 1 atom stereocenters. The van der Waals surface area contributed by atoms with Crippen molar-refractivity contribution in [3.05, 3.63) is 35.4 Å². The summed E-state index contributed by atoms with van der Waals surface area (Å²) in [5.74, 6) is -1.53. The van der Waals surface area contributed by atoms with Crippen LogP contribution in [-0.2, 0) is 0 Å². The predicted molar refractivity (Wildman–Crippen MR) is 65.2 cm³/mol. The summed E-state index contributed by atoms with van der Waals surface area (Å²) in [4.78, 5) is 24.5. The van der Waals surface area contributed by atoms with Crippen LogP contribution in [0.25, 0.3) is 0 Å². The van der Waals surface area contributed by atoms with Crippen LogP contribution in [-0.4, -0.2) is 35.0 Å². The summed E-state index contributed by atoms with van der Waals surface area (Å²) in [6.07, 6.45) is 0.206. The van der Waals surface area contributed by atoms with E-state index in [2.05, 4.69) is 0 Å². The van der Waals surface area contributed by atoms with Crippen LogP contribution in [0.3, 0.4) is 0 Å². The number of nitriles is 1. The molecule has 0 fully saturated rings. The molecule has 1 aromatic carbocycles. The van der Waals surface area contributed by atoms with E-state index >= 15 is 0 Å². The van der Waals surface area contributed by atoms with E-state index < -0.39 is 11.9 Å². The van der Waals surface area contributed by atoms with Gasteiger partial charge in [0.2, 0.25) is 0 Å². The molecular weight excluding hydrogens is 232 g/mol. The minimum absolute atomic E-state index is 0.0292. The highest BCUT2D eigenvalue weighted by atomic mass is 16.4. The highest BCUT2D eigenvalue weighted by Crippen LogP contribution is 2.13. The normalized spacial score (nSPS) is 11.4. The first-order valence-electron chi connectivity index (χ1n) is 5.45. The van der Waals surface area contributed by atoms with Crippen molar-refractivity contribution >= 4 is 11.9 Å². The number of carboxylic acids is 1. The molecule has 0 bridgehead atoms. The molecule has 0 aliphatic rings. The molecule has 1 unspecified atom stereocenters. The Morgan fingerprint density at radius 3 is 2.44 bits per heavy atom. The fourth-order valence-corrected chi connectivity index (χ4v) is 1.52. The summed E-state index contributed by atoms with van der Waals surface area (Å²) in [6, 6.07) is 7.76. The molecule has 0 radical (unpaired) electrons. The zero-order valence-corrected chi connectivity index (χ0v) is 10.3. The van der Waals surface area contributed by atoms with Crippen LogP contribution in [0, 0.1) is 11.3 Å². The molecule has 0 aromatic heterocycles. The summed E-state index contributed by atoms with van der Waals surface area (Å²) >= 11 is 0. The highest BCUT2D eigenvalue weighted by molar-refractivity contribution is 6.04. The Labute approximate surface area is 105 Å². The fourth-order valence-electron chi connectivity index (χ4n) is 1.52. The zero-order valence-electron chi connectivity index (χ0n) is 10.3. The van der Waals surface area contributed by atoms with Gasteiger partial charge in [-0.05, 0) is 19.1 Å². The predicted octanol–water partition coefficient (Wildman–Crippen LogP) is 1.76. The maximum Gasteiger partial charge on any atom is 0.336 e. The minimum atomic E-state index is -1.14. The lowest BCUT2D eigenvalue weighted by molar-refractivity contribution is 0.0672. The SMILES string of the molecule is CC(CC#N)N(C)C(=O)c1ccccc1C(=O)O. The number of rotatable bonds is 4. The summed E-state index contributed by atoms with van der Waals surface area (Å²) < 4.78 is 0. The quantitative estimate of drug-likeness (QED) is 0.877. The van der Waals surface area contributed by atoms with E-state index in [9.17, 15) is 9.59 Å². The maximum atomic E-state index is 12.1. The van der Waals surface area contributed by atoms with Gasteiger partial charge < -0.3 is 10.0 Å². The van der Waals surface area contributed by atoms with E-state index in [0.717, 1.165) is 0 Å². The van der Waals surface area contributed by atoms with Crippen LogP contribution in [0.2, 0.25) is 0 Å². The number of benzene rings is 1. The molecule has 0 spiro atoms. The number of hydrogen-bond acceptors (Lipinski definition) is 3. The van der Waals surface area contributed by atoms with Crippen LogP contribution in [0.5, 0.6) is 0 Å². The van der Waals surface area contributed by atoms with Gasteiger partial charge in [-0.1, -0.05) is 12.1 Å². The van der Waals surface area contributed by atoms with Crippen molar-refractivity contribution in [1.82, 2.24) is 4.90 Å². The Kier molecular flexibility index (Phi) is 4.44. The van der Waals surface area contributed by atoms with Crippen LogP contribution in [0.15, 0.2) is 24.3 Å². The first-order valence-corrected chi connectivity index (χ1v) is 5.45. The fraction of sp³-hybridized carbons (Fsp3) is 0.308. The van der Waals surface area contributed by atoms with Crippen LogP contribution >= 0.6 is 0 Å². The summed E-state index contributed by atoms with van der Waals surface area (Å²) in [5, 5.41) is 17.6. The Balaban J connectivity index is 3.04. The van der Waals surface area contributed by atoms with Gasteiger partial charge >= 0.3 is 5.97 Å². The largest absolute Gasteiger partial charge is 0.478 e. The Morgan fingerprint density at radius 2 is 1.94 bits per heavy atom. The second-order valence-electron chi connectivity index (χ2n) is 3.98. The molecule has 0 aliphatic carbocycles. The third-order valence-corrected chi connectivity index (χ3v) is 2.76. The highest BCUT2D eigenvalue weighted by Gasteiger charge is 2.21. The number of carbonyl (C=O) groups is 2. The molecule has 5 heteroatoms. The first-order chi connectivity index (χ1) is 8.49. The molecule has 1 N–H and O–H groups in total. The number of amides is 1. The molecule has 0 saturated heterocycles. The lowest BCUT2D eigenvalue weighted by atomic mass is 10.1. The van der Waals surface area contributed by atoms with E-state index in [1.54, 1.807) is 26.1 Å². The van der Waals surface area contributed by atoms with E-state index in [0.29, 0.717) is 0 Å². The van der Waals surface area contributed by atoms with Gasteiger partial charge in [-0.25, -0.2) is 4.79 Å². The number of carbonyl (C=O) groups excluding carboxylic acids is 1. The lowest BCUT2D eigenvalue weighted by Gasteiger charge is -2.23. The summed E-state index contributed by atoms with van der Waals surface area (Å²) in [7, 11) is 1.56. The summed E-state index contributed by atoms with van der Waals surface area (Å²) in [6.45, 7) is 1.74. The Bertz CT molecular complexity index is 505. The molecule has 5 nitrogen and oxygen atoms in total. The standard InChI is InChI=1S/C13H14N2O3/c1-9(7-8-14)15(2)12(16)10-5-3-4-6-11(10)13(17)18/h3-6,9H,7H2,1-2H3,(H,17,18). The molecule has 0 saturated carbocycles. The van der Waals surface area contributed by atoms with Gasteiger partial charge in [-0.3, -0.25) is 4.79 Å². The van der Waals surface area contributed by atoms with Crippen molar-refractivity contribution in [2.45, 2.75) is 19.4 Å². The van der Waals surface area contributed by atoms with Gasteiger partial charge in [0, 0.05) is 13.1 Å². The topological polar surface area (TPSA) is 81.4 Å². The molecule has 1 rings (SSSR count). The average Bonchev–Trinajstić information content (AvgIpc) is 2.37. The zero-order chi connectivity index (χ0) is 13.7. The van der Waals surface area contributed by atoms with Crippen molar-refractivity contribution in [2.24, 2.45) is 0 Å². The number of nitrogens with zero attached hydrogens (tertiary/aromatic N) is 2. The van der Waals surface area contributed by atoms with Gasteiger partial charge in [0.25, 0.3) is 5.91 Å². The van der Waals surface area contributed by atoms with Crippen LogP contribution < -0.4 is 0 Å². The minimum Gasteiger partial charge on any atom is -0.478 e. The van der Waals surface area contributed by atoms with E-state index in [-0.39, 0.29) is 23.6 Å². The van der Waals surface area contributed by atoms with E-state index in [1.165, 1.54) is 17.0 Å². The monoisotopic (exact) mass is 246 g/mol. The molecule has 0 aliphatic heterocycles. The molecule has 18 heavy (non-hydrogen) atoms. The number of carboxylic acid groups (broad SMARTS) is 1. The molecule has 1 amide bonds. The van der Waals surface area contributed by atoms with Crippen molar-refractivity contribution in [3.63, 3.8) is 0 Å². The van der Waals surface area contributed by atoms with Crippen molar-refractivity contribution < 1.29 is 14.7 Å². The maximum absolute atomic E-state index is 12.1. The molecule has 0 heterocycles. The van der Waals surface area contributed by atoms with Crippen LogP contribution in [0.1, 0.15) is 34.1 Å². The van der Waals surface area contributed by atoms with E-state index in [1.807, 2.05) is 6.07 Å². The average molecular weight is 246 g/mol.